The van der Waals surface area contributed by atoms with Crippen LogP contribution in [0.1, 0.15) is 59.7 Å². The summed E-state index contributed by atoms with van der Waals surface area (Å²) in [6.45, 7) is 10.3. The highest BCUT2D eigenvalue weighted by Crippen LogP contribution is 2.28. The molecule has 0 N–H and O–H groups in total. The van der Waals surface area contributed by atoms with Crippen LogP contribution in [0.5, 0.6) is 5.75 Å². The van der Waals surface area contributed by atoms with E-state index in [-0.39, 0.29) is 0 Å². The Morgan fingerprint density at radius 2 is 1.10 bits per heavy atom. The molecule has 0 amide bonds. The summed E-state index contributed by atoms with van der Waals surface area (Å²) < 4.78 is 10.4. The lowest BCUT2D eigenvalue weighted by Gasteiger charge is -2.14. The number of hydrogen-bond acceptors (Lipinski definition) is 4. The van der Waals surface area contributed by atoms with E-state index < -0.39 is 11.9 Å². The van der Waals surface area contributed by atoms with E-state index in [1.807, 2.05) is 13.8 Å². The van der Waals surface area contributed by atoms with Gasteiger partial charge in [-0.1, -0.05) is 24.3 Å². The lowest BCUT2D eigenvalue weighted by Crippen LogP contribution is -2.11. The molecule has 4 heteroatoms. The van der Waals surface area contributed by atoms with Gasteiger partial charge in [0.05, 0.1) is 18.2 Å². The Morgan fingerprint density at radius 1 is 0.677 bits per heavy atom. The average molecular weight is 417 g/mol. The fourth-order valence-corrected chi connectivity index (χ4v) is 3.78. The first-order valence-corrected chi connectivity index (χ1v) is 10.3. The normalized spacial score (nSPS) is 10.6. The van der Waals surface area contributed by atoms with Crippen LogP contribution in [0.25, 0.3) is 0 Å². The van der Waals surface area contributed by atoms with Crippen LogP contribution in [0.2, 0.25) is 0 Å². The van der Waals surface area contributed by atoms with Crippen LogP contribution in [-0.2, 0) is 11.2 Å². The van der Waals surface area contributed by atoms with Crippen LogP contribution >= 0.6 is 0 Å². The van der Waals surface area contributed by atoms with Crippen molar-refractivity contribution in [3.8, 4) is 5.75 Å². The highest BCUT2D eigenvalue weighted by molar-refractivity contribution is 5.94. The molecule has 160 valence electrons. The first kappa shape index (κ1) is 22.3. The summed E-state index contributed by atoms with van der Waals surface area (Å²) in [7, 11) is 1.32. The van der Waals surface area contributed by atoms with Gasteiger partial charge in [-0.15, -0.1) is 0 Å². The van der Waals surface area contributed by atoms with Gasteiger partial charge in [-0.25, -0.2) is 9.59 Å². The lowest BCUT2D eigenvalue weighted by atomic mass is 9.95. The lowest BCUT2D eigenvalue weighted by molar-refractivity contribution is 0.0599. The highest BCUT2D eigenvalue weighted by Gasteiger charge is 2.15. The highest BCUT2D eigenvalue weighted by atomic mass is 16.5. The van der Waals surface area contributed by atoms with Gasteiger partial charge >= 0.3 is 11.9 Å². The van der Waals surface area contributed by atoms with Crippen LogP contribution in [0.4, 0.5) is 0 Å². The molecule has 4 nitrogen and oxygen atoms in total. The third-order valence-corrected chi connectivity index (χ3v) is 5.65. The summed E-state index contributed by atoms with van der Waals surface area (Å²) in [5, 5.41) is 0. The fourth-order valence-electron chi connectivity index (χ4n) is 3.78. The van der Waals surface area contributed by atoms with E-state index in [1.54, 1.807) is 24.3 Å². The minimum atomic E-state index is -0.458. The zero-order chi connectivity index (χ0) is 22.7. The van der Waals surface area contributed by atoms with E-state index in [9.17, 15) is 9.59 Å². The largest absolute Gasteiger partial charge is 0.465 e. The number of ether oxygens (including phenoxy) is 2. The molecular weight excluding hydrogens is 388 g/mol. The maximum absolute atomic E-state index is 12.6. The Hall–Kier alpha value is -3.40. The van der Waals surface area contributed by atoms with E-state index in [1.165, 1.54) is 34.9 Å². The number of carbonyl (C=O) groups excluding carboxylic acids is 2. The zero-order valence-corrected chi connectivity index (χ0v) is 19.0. The van der Waals surface area contributed by atoms with Gasteiger partial charge in [-0.2, -0.15) is 0 Å². The molecule has 0 aliphatic heterocycles. The fraction of sp³-hybridized carbons (Fsp3) is 0.259. The molecule has 0 aliphatic carbocycles. The summed E-state index contributed by atoms with van der Waals surface area (Å²) in [4.78, 5) is 24.2. The number of hydrogen-bond donors (Lipinski definition) is 0. The molecular formula is C27H28O4. The average Bonchev–Trinajstić information content (AvgIpc) is 2.74. The van der Waals surface area contributed by atoms with Gasteiger partial charge < -0.3 is 9.47 Å². The van der Waals surface area contributed by atoms with Crippen LogP contribution in [-0.4, -0.2) is 19.0 Å². The van der Waals surface area contributed by atoms with Crippen molar-refractivity contribution < 1.29 is 19.1 Å². The SMILES string of the molecule is COC(=O)c1ccc(C(=O)Oc2c(C)cc(Cc3cc(C)c(C)c(C)c3)cc2C)cc1. The number of benzene rings is 3. The minimum absolute atomic E-state index is 0.376. The summed E-state index contributed by atoms with van der Waals surface area (Å²) in [6.07, 6.45) is 0.826. The van der Waals surface area contributed by atoms with Gasteiger partial charge in [0, 0.05) is 0 Å². The molecule has 0 aromatic heterocycles. The number of esters is 2. The maximum atomic E-state index is 12.6. The van der Waals surface area contributed by atoms with Gasteiger partial charge in [0.2, 0.25) is 0 Å². The Bertz CT molecular complexity index is 1090. The van der Waals surface area contributed by atoms with Crippen molar-refractivity contribution in [3.05, 3.63) is 98.6 Å². The van der Waals surface area contributed by atoms with Crippen LogP contribution in [0.15, 0.2) is 48.5 Å². The number of carbonyl (C=O) groups is 2. The molecule has 0 bridgehead atoms. The number of methoxy groups -OCH3 is 1. The molecule has 0 radical (unpaired) electrons. The van der Waals surface area contributed by atoms with Gasteiger partial charge in [0.15, 0.2) is 0 Å². The Kier molecular flexibility index (Phi) is 6.59. The summed E-state index contributed by atoms with van der Waals surface area (Å²) in [5.41, 5.74) is 8.97. The number of rotatable bonds is 5. The van der Waals surface area contributed by atoms with Crippen molar-refractivity contribution in [2.24, 2.45) is 0 Å². The van der Waals surface area contributed by atoms with Crippen LogP contribution in [0.3, 0.4) is 0 Å². The smallest absolute Gasteiger partial charge is 0.343 e. The molecule has 0 fully saturated rings. The van der Waals surface area contributed by atoms with Crippen molar-refractivity contribution in [1.82, 2.24) is 0 Å². The first-order valence-electron chi connectivity index (χ1n) is 10.3. The number of aryl methyl sites for hydroxylation is 4. The van der Waals surface area contributed by atoms with Crippen molar-refractivity contribution >= 4 is 11.9 Å². The molecule has 0 saturated carbocycles. The third-order valence-electron chi connectivity index (χ3n) is 5.65. The van der Waals surface area contributed by atoms with Gasteiger partial charge in [-0.05, 0) is 104 Å². The molecule has 3 rings (SSSR count). The van der Waals surface area contributed by atoms with Gasteiger partial charge in [0.1, 0.15) is 5.75 Å². The summed E-state index contributed by atoms with van der Waals surface area (Å²) >= 11 is 0. The van der Waals surface area contributed by atoms with E-state index in [0.717, 1.165) is 17.5 Å². The monoisotopic (exact) mass is 416 g/mol. The second-order valence-corrected chi connectivity index (χ2v) is 8.05. The maximum Gasteiger partial charge on any atom is 0.343 e. The molecule has 0 spiro atoms. The zero-order valence-electron chi connectivity index (χ0n) is 19.0. The molecule has 0 atom stereocenters. The summed E-state index contributed by atoms with van der Waals surface area (Å²) in [6, 6.07) is 14.8. The van der Waals surface area contributed by atoms with E-state index in [4.69, 9.17) is 4.74 Å². The predicted molar refractivity (Wildman–Crippen MR) is 122 cm³/mol. The van der Waals surface area contributed by atoms with E-state index in [0.29, 0.717) is 16.9 Å². The molecule has 3 aromatic rings. The molecule has 3 aromatic carbocycles. The van der Waals surface area contributed by atoms with Crippen LogP contribution in [0, 0.1) is 34.6 Å². The van der Waals surface area contributed by atoms with Crippen molar-refractivity contribution in [2.45, 2.75) is 41.0 Å². The first-order chi connectivity index (χ1) is 14.7. The Labute approximate surface area is 183 Å². The molecule has 0 saturated heterocycles. The Balaban J connectivity index is 1.79. The molecule has 0 unspecified atom stereocenters. The standard InChI is InChI=1S/C27H28O4/c1-16-11-21(12-17(2)20(16)5)15-22-13-18(3)25(19(4)14-22)31-27(29)24-9-7-23(8-10-24)26(28)30-6/h7-14H,15H2,1-6H3. The predicted octanol–water partition coefficient (Wildman–Crippen LogP) is 5.83. The minimum Gasteiger partial charge on any atom is -0.465 e. The second kappa shape index (κ2) is 9.17. The van der Waals surface area contributed by atoms with Crippen molar-refractivity contribution in [3.63, 3.8) is 0 Å². The quantitative estimate of drug-likeness (QED) is 0.388. The van der Waals surface area contributed by atoms with Crippen LogP contribution < -0.4 is 4.74 Å². The van der Waals surface area contributed by atoms with Crippen molar-refractivity contribution in [2.75, 3.05) is 7.11 Å². The van der Waals surface area contributed by atoms with Gasteiger partial charge in [0.25, 0.3) is 0 Å². The van der Waals surface area contributed by atoms with E-state index >= 15 is 0 Å². The van der Waals surface area contributed by atoms with E-state index in [2.05, 4.69) is 49.8 Å². The molecule has 31 heavy (non-hydrogen) atoms. The Morgan fingerprint density at radius 3 is 1.55 bits per heavy atom. The third kappa shape index (κ3) is 5.02. The topological polar surface area (TPSA) is 52.6 Å². The molecule has 0 heterocycles. The summed E-state index contributed by atoms with van der Waals surface area (Å²) in [5.74, 6) is -0.330. The van der Waals surface area contributed by atoms with Crippen molar-refractivity contribution in [1.29, 1.82) is 0 Å². The molecule has 0 aliphatic rings. The van der Waals surface area contributed by atoms with Gasteiger partial charge in [-0.3, -0.25) is 0 Å². The second-order valence-electron chi connectivity index (χ2n) is 8.05.